The lowest BCUT2D eigenvalue weighted by Gasteiger charge is -2.40. The number of rotatable bonds is 3. The molecule has 3 heterocycles. The molecule has 5 amide bonds. The summed E-state index contributed by atoms with van der Waals surface area (Å²) in [5.74, 6) is -2.19. The van der Waals surface area contributed by atoms with Gasteiger partial charge in [0.1, 0.15) is 11.6 Å². The fourth-order valence-corrected chi connectivity index (χ4v) is 3.90. The van der Waals surface area contributed by atoms with Crippen molar-refractivity contribution in [2.45, 2.75) is 51.3 Å². The van der Waals surface area contributed by atoms with Crippen LogP contribution in [0.4, 0.5) is 10.5 Å². The highest BCUT2D eigenvalue weighted by Gasteiger charge is 2.46. The first-order valence-corrected chi connectivity index (χ1v) is 10.1. The Bertz CT molecular complexity index is 992. The average Bonchev–Trinajstić information content (AvgIpc) is 2.88. The van der Waals surface area contributed by atoms with Gasteiger partial charge in [0.05, 0.1) is 17.2 Å². The number of piperidine rings is 1. The molecule has 10 heteroatoms. The van der Waals surface area contributed by atoms with Gasteiger partial charge in [0.15, 0.2) is 0 Å². The summed E-state index contributed by atoms with van der Waals surface area (Å²) in [4.78, 5) is 64.2. The first kappa shape index (κ1) is 20.8. The SMILES string of the molecule is CC(C)(C)OC(=O)N1CC(Nc2cccc3c2C(=O)N(C2CCC(=O)NC2=O)C3=O)C1. The number of benzene rings is 1. The van der Waals surface area contributed by atoms with Crippen LogP contribution in [0, 0.1) is 0 Å². The summed E-state index contributed by atoms with van der Waals surface area (Å²) in [5, 5.41) is 5.40. The number of likely N-dealkylation sites (tertiary alicyclic amines) is 1. The van der Waals surface area contributed by atoms with Crippen molar-refractivity contribution in [3.8, 4) is 0 Å². The van der Waals surface area contributed by atoms with Crippen molar-refractivity contribution in [1.82, 2.24) is 15.1 Å². The number of amides is 5. The van der Waals surface area contributed by atoms with E-state index < -0.39 is 41.4 Å². The molecule has 3 aliphatic rings. The lowest BCUT2D eigenvalue weighted by Crippen LogP contribution is -2.58. The number of nitrogens with one attached hydrogen (secondary N) is 2. The number of carbonyl (C=O) groups excluding carboxylic acids is 5. The van der Waals surface area contributed by atoms with E-state index in [4.69, 9.17) is 4.74 Å². The molecule has 0 saturated carbocycles. The third kappa shape index (κ3) is 3.85. The summed E-state index contributed by atoms with van der Waals surface area (Å²) < 4.78 is 5.34. The van der Waals surface area contributed by atoms with Crippen molar-refractivity contribution in [2.24, 2.45) is 0 Å². The monoisotopic (exact) mass is 428 g/mol. The molecule has 10 nitrogen and oxygen atoms in total. The van der Waals surface area contributed by atoms with E-state index in [2.05, 4.69) is 10.6 Å². The van der Waals surface area contributed by atoms with Gasteiger partial charge in [-0.15, -0.1) is 0 Å². The largest absolute Gasteiger partial charge is 0.444 e. The maximum Gasteiger partial charge on any atom is 0.410 e. The van der Waals surface area contributed by atoms with Gasteiger partial charge in [0.25, 0.3) is 11.8 Å². The van der Waals surface area contributed by atoms with Crippen molar-refractivity contribution in [2.75, 3.05) is 18.4 Å². The molecule has 1 aromatic rings. The molecule has 2 fully saturated rings. The van der Waals surface area contributed by atoms with Gasteiger partial charge < -0.3 is 15.0 Å². The molecule has 1 unspecified atom stereocenters. The molecule has 0 aromatic heterocycles. The molecule has 2 N–H and O–H groups in total. The molecule has 3 aliphatic heterocycles. The summed E-state index contributed by atoms with van der Waals surface area (Å²) in [5.41, 5.74) is 0.303. The van der Waals surface area contributed by atoms with Crippen LogP contribution in [0.2, 0.25) is 0 Å². The van der Waals surface area contributed by atoms with E-state index in [0.717, 1.165) is 4.90 Å². The van der Waals surface area contributed by atoms with Crippen LogP contribution in [0.3, 0.4) is 0 Å². The molecule has 2 saturated heterocycles. The highest BCUT2D eigenvalue weighted by atomic mass is 16.6. The second kappa shape index (κ2) is 7.36. The first-order chi connectivity index (χ1) is 14.5. The van der Waals surface area contributed by atoms with Gasteiger partial charge in [-0.05, 0) is 39.3 Å². The second-order valence-corrected chi connectivity index (χ2v) is 8.90. The Balaban J connectivity index is 1.47. The van der Waals surface area contributed by atoms with E-state index in [1.165, 1.54) is 0 Å². The highest BCUT2D eigenvalue weighted by molar-refractivity contribution is 6.25. The van der Waals surface area contributed by atoms with Crippen molar-refractivity contribution in [3.63, 3.8) is 0 Å². The van der Waals surface area contributed by atoms with Gasteiger partial charge in [0.2, 0.25) is 11.8 Å². The zero-order valence-electron chi connectivity index (χ0n) is 17.6. The van der Waals surface area contributed by atoms with Crippen LogP contribution >= 0.6 is 0 Å². The van der Waals surface area contributed by atoms with Crippen molar-refractivity contribution >= 4 is 35.4 Å². The van der Waals surface area contributed by atoms with Gasteiger partial charge in [0, 0.05) is 25.2 Å². The predicted molar refractivity (Wildman–Crippen MR) is 108 cm³/mol. The molecule has 0 radical (unpaired) electrons. The minimum absolute atomic E-state index is 0.0670. The third-order valence-corrected chi connectivity index (χ3v) is 5.36. The molecule has 0 bridgehead atoms. The maximum absolute atomic E-state index is 13.1. The van der Waals surface area contributed by atoms with E-state index in [9.17, 15) is 24.0 Å². The molecular weight excluding hydrogens is 404 g/mol. The van der Waals surface area contributed by atoms with E-state index >= 15 is 0 Å². The van der Waals surface area contributed by atoms with Crippen LogP contribution in [0.15, 0.2) is 18.2 Å². The van der Waals surface area contributed by atoms with Gasteiger partial charge in [-0.1, -0.05) is 6.07 Å². The number of hydrogen-bond donors (Lipinski definition) is 2. The van der Waals surface area contributed by atoms with Crippen LogP contribution in [0.25, 0.3) is 0 Å². The van der Waals surface area contributed by atoms with Crippen LogP contribution in [0.5, 0.6) is 0 Å². The van der Waals surface area contributed by atoms with E-state index in [1.54, 1.807) is 43.9 Å². The molecule has 31 heavy (non-hydrogen) atoms. The molecule has 4 rings (SSSR count). The van der Waals surface area contributed by atoms with E-state index in [0.29, 0.717) is 18.8 Å². The Labute approximate surface area is 178 Å². The predicted octanol–water partition coefficient (Wildman–Crippen LogP) is 1.12. The van der Waals surface area contributed by atoms with Crippen molar-refractivity contribution in [1.29, 1.82) is 0 Å². The van der Waals surface area contributed by atoms with Crippen LogP contribution < -0.4 is 10.6 Å². The van der Waals surface area contributed by atoms with Crippen LogP contribution in [-0.2, 0) is 14.3 Å². The summed E-state index contributed by atoms with van der Waals surface area (Å²) >= 11 is 0. The smallest absolute Gasteiger partial charge is 0.410 e. The Morgan fingerprint density at radius 2 is 1.84 bits per heavy atom. The zero-order chi connectivity index (χ0) is 22.5. The van der Waals surface area contributed by atoms with Gasteiger partial charge in [-0.2, -0.15) is 0 Å². The Hall–Kier alpha value is -3.43. The minimum atomic E-state index is -1.01. The fraction of sp³-hybridized carbons (Fsp3) is 0.476. The Kier molecular flexibility index (Phi) is 4.95. The van der Waals surface area contributed by atoms with Crippen molar-refractivity contribution < 1.29 is 28.7 Å². The molecule has 0 spiro atoms. The maximum atomic E-state index is 13.1. The normalized spacial score (nSPS) is 21.6. The number of imide groups is 2. The highest BCUT2D eigenvalue weighted by Crippen LogP contribution is 2.33. The minimum Gasteiger partial charge on any atom is -0.444 e. The number of hydrogen-bond acceptors (Lipinski definition) is 7. The van der Waals surface area contributed by atoms with E-state index in [1.807, 2.05) is 0 Å². The second-order valence-electron chi connectivity index (χ2n) is 8.90. The first-order valence-electron chi connectivity index (χ1n) is 10.1. The summed E-state index contributed by atoms with van der Waals surface area (Å²) in [6.45, 7) is 6.19. The Morgan fingerprint density at radius 3 is 2.48 bits per heavy atom. The zero-order valence-corrected chi connectivity index (χ0v) is 17.6. The third-order valence-electron chi connectivity index (χ3n) is 5.36. The molecule has 164 valence electrons. The standard InChI is InChI=1S/C21H24N4O6/c1-21(2,3)31-20(30)24-9-11(10-24)22-13-6-4-5-12-16(13)19(29)25(18(12)28)14-7-8-15(26)23-17(14)27/h4-6,11,14,22H,7-10H2,1-3H3,(H,23,26,27). The number of nitrogens with zero attached hydrogens (tertiary/aromatic N) is 2. The Morgan fingerprint density at radius 1 is 1.13 bits per heavy atom. The summed E-state index contributed by atoms with van der Waals surface area (Å²) in [6.07, 6.45) is -0.233. The van der Waals surface area contributed by atoms with Gasteiger partial charge in [-0.25, -0.2) is 4.79 Å². The number of carbonyl (C=O) groups is 5. The molecule has 1 aromatic carbocycles. The van der Waals surface area contributed by atoms with Gasteiger partial charge >= 0.3 is 6.09 Å². The average molecular weight is 428 g/mol. The van der Waals surface area contributed by atoms with Crippen molar-refractivity contribution in [3.05, 3.63) is 29.3 Å². The number of ether oxygens (including phenoxy) is 1. The fourth-order valence-electron chi connectivity index (χ4n) is 3.90. The lowest BCUT2D eigenvalue weighted by atomic mass is 10.0. The number of anilines is 1. The van der Waals surface area contributed by atoms with E-state index in [-0.39, 0.29) is 30.0 Å². The topological polar surface area (TPSA) is 125 Å². The number of fused-ring (bicyclic) bond motifs is 1. The summed E-state index contributed by atoms with van der Waals surface area (Å²) in [7, 11) is 0. The van der Waals surface area contributed by atoms with Gasteiger partial charge in [-0.3, -0.25) is 29.4 Å². The molecular formula is C21H24N4O6. The molecule has 1 atom stereocenters. The quantitative estimate of drug-likeness (QED) is 0.691. The van der Waals surface area contributed by atoms with Crippen LogP contribution in [0.1, 0.15) is 54.3 Å². The lowest BCUT2D eigenvalue weighted by molar-refractivity contribution is -0.136. The molecule has 0 aliphatic carbocycles. The summed E-state index contributed by atoms with van der Waals surface area (Å²) in [6, 6.07) is 3.77. The van der Waals surface area contributed by atoms with Crippen LogP contribution in [-0.4, -0.2) is 70.3 Å².